The van der Waals surface area contributed by atoms with E-state index in [1.807, 2.05) is 73.7 Å². The number of carbonyl (C=O) groups excluding carboxylic acids is 1. The Morgan fingerprint density at radius 1 is 0.793 bits per heavy atom. The molecule has 0 amide bonds. The van der Waals surface area contributed by atoms with Crippen molar-refractivity contribution in [2.45, 2.75) is 6.92 Å². The minimum atomic E-state index is -0.0265. The molecule has 1 heterocycles. The summed E-state index contributed by atoms with van der Waals surface area (Å²) < 4.78 is 0. The normalized spacial score (nSPS) is 11.5. The molecule has 0 saturated carbocycles. The number of hydrogen-bond acceptors (Lipinski definition) is 2. The van der Waals surface area contributed by atoms with Gasteiger partial charge in [0.25, 0.3) is 0 Å². The first kappa shape index (κ1) is 18.6. The van der Waals surface area contributed by atoms with Gasteiger partial charge in [0.15, 0.2) is 5.78 Å². The number of carbonyl (C=O) groups is 1. The van der Waals surface area contributed by atoms with Gasteiger partial charge in [0.1, 0.15) is 0 Å². The average molecular weight is 375 g/mol. The lowest BCUT2D eigenvalue weighted by atomic mass is 10.0. The maximum atomic E-state index is 12.5. The van der Waals surface area contributed by atoms with E-state index in [-0.39, 0.29) is 5.78 Å². The molecule has 0 fully saturated rings. The van der Waals surface area contributed by atoms with Gasteiger partial charge in [0.05, 0.1) is 11.2 Å². The molecule has 0 bridgehead atoms. The Balaban J connectivity index is 1.67. The van der Waals surface area contributed by atoms with Crippen LogP contribution in [0.2, 0.25) is 0 Å². The molecule has 29 heavy (non-hydrogen) atoms. The van der Waals surface area contributed by atoms with Crippen molar-refractivity contribution in [1.29, 1.82) is 0 Å². The van der Waals surface area contributed by atoms with Crippen LogP contribution in [0.1, 0.15) is 32.7 Å². The van der Waals surface area contributed by atoms with Crippen LogP contribution in [0, 0.1) is 6.92 Å². The number of ketones is 1. The van der Waals surface area contributed by atoms with Gasteiger partial charge in [-0.25, -0.2) is 4.98 Å². The second-order valence-corrected chi connectivity index (χ2v) is 6.96. The van der Waals surface area contributed by atoms with Gasteiger partial charge in [-0.2, -0.15) is 0 Å². The third kappa shape index (κ3) is 4.56. The number of aromatic nitrogens is 1. The molecule has 0 aliphatic heterocycles. The minimum absolute atomic E-state index is 0.0265. The molecule has 0 atom stereocenters. The van der Waals surface area contributed by atoms with Crippen molar-refractivity contribution in [3.63, 3.8) is 0 Å². The first-order valence-corrected chi connectivity index (χ1v) is 9.61. The van der Waals surface area contributed by atoms with Crippen molar-refractivity contribution in [3.05, 3.63) is 119 Å². The van der Waals surface area contributed by atoms with Crippen LogP contribution in [0.4, 0.5) is 0 Å². The standard InChI is InChI=1S/C27H21NO/c1-20-11-14-22(15-12-20)27(29)18-17-24-19-23(16-13-21-7-3-2-4-8-21)25-9-5-6-10-26(25)28-24/h2-19H,1H3/b16-13+,18-17+. The molecule has 140 valence electrons. The summed E-state index contributed by atoms with van der Waals surface area (Å²) in [5.74, 6) is -0.0265. The van der Waals surface area contributed by atoms with Crippen LogP contribution >= 0.6 is 0 Å². The Morgan fingerprint density at radius 3 is 2.31 bits per heavy atom. The predicted octanol–water partition coefficient (Wildman–Crippen LogP) is 6.61. The van der Waals surface area contributed by atoms with Crippen LogP contribution in [-0.4, -0.2) is 10.8 Å². The molecule has 0 radical (unpaired) electrons. The van der Waals surface area contributed by atoms with Gasteiger partial charge in [-0.15, -0.1) is 0 Å². The first-order chi connectivity index (χ1) is 14.2. The summed E-state index contributed by atoms with van der Waals surface area (Å²) in [7, 11) is 0. The molecule has 0 spiro atoms. The molecule has 0 N–H and O–H groups in total. The Labute approximate surface area is 170 Å². The molecular weight excluding hydrogens is 354 g/mol. The number of rotatable bonds is 5. The van der Waals surface area contributed by atoms with Crippen molar-refractivity contribution >= 4 is 34.9 Å². The number of para-hydroxylation sites is 1. The largest absolute Gasteiger partial charge is 0.289 e. The highest BCUT2D eigenvalue weighted by molar-refractivity contribution is 6.07. The minimum Gasteiger partial charge on any atom is -0.289 e. The van der Waals surface area contributed by atoms with E-state index in [1.165, 1.54) is 0 Å². The number of aryl methyl sites for hydroxylation is 1. The lowest BCUT2D eigenvalue weighted by Crippen LogP contribution is -1.94. The van der Waals surface area contributed by atoms with E-state index in [1.54, 1.807) is 12.2 Å². The SMILES string of the molecule is Cc1ccc(C(=O)/C=C/c2cc(/C=C/c3ccccc3)c3ccccc3n2)cc1. The highest BCUT2D eigenvalue weighted by Crippen LogP contribution is 2.21. The molecule has 0 aliphatic rings. The molecule has 2 nitrogen and oxygen atoms in total. The van der Waals surface area contributed by atoms with E-state index in [0.29, 0.717) is 5.56 Å². The third-order valence-corrected chi connectivity index (χ3v) is 4.76. The summed E-state index contributed by atoms with van der Waals surface area (Å²) in [6.07, 6.45) is 7.56. The number of allylic oxidation sites excluding steroid dienone is 1. The number of benzene rings is 3. The van der Waals surface area contributed by atoms with Gasteiger partial charge >= 0.3 is 0 Å². The zero-order chi connectivity index (χ0) is 20.1. The molecule has 0 aliphatic carbocycles. The van der Waals surface area contributed by atoms with E-state index in [0.717, 1.165) is 33.3 Å². The lowest BCUT2D eigenvalue weighted by Gasteiger charge is -2.05. The van der Waals surface area contributed by atoms with E-state index in [9.17, 15) is 4.79 Å². The second kappa shape index (κ2) is 8.49. The van der Waals surface area contributed by atoms with Crippen LogP contribution in [0.25, 0.3) is 29.1 Å². The van der Waals surface area contributed by atoms with Gasteiger partial charge in [0, 0.05) is 10.9 Å². The van der Waals surface area contributed by atoms with Gasteiger partial charge in [-0.1, -0.05) is 90.5 Å². The molecule has 3 aromatic carbocycles. The Kier molecular flexibility index (Phi) is 5.44. The monoisotopic (exact) mass is 375 g/mol. The predicted molar refractivity (Wildman–Crippen MR) is 122 cm³/mol. The molecule has 0 unspecified atom stereocenters. The molecule has 4 rings (SSSR count). The average Bonchev–Trinajstić information content (AvgIpc) is 2.77. The van der Waals surface area contributed by atoms with Crippen LogP contribution in [-0.2, 0) is 0 Å². The van der Waals surface area contributed by atoms with Crippen molar-refractivity contribution in [2.24, 2.45) is 0 Å². The summed E-state index contributed by atoms with van der Waals surface area (Å²) in [4.78, 5) is 17.2. The molecule has 1 aromatic heterocycles. The van der Waals surface area contributed by atoms with Crippen molar-refractivity contribution in [1.82, 2.24) is 4.98 Å². The summed E-state index contributed by atoms with van der Waals surface area (Å²) in [6.45, 7) is 2.01. The van der Waals surface area contributed by atoms with E-state index >= 15 is 0 Å². The Hall–Kier alpha value is -3.78. The van der Waals surface area contributed by atoms with Gasteiger partial charge in [0.2, 0.25) is 0 Å². The third-order valence-electron chi connectivity index (χ3n) is 4.76. The number of fused-ring (bicyclic) bond motifs is 1. The Bertz CT molecular complexity index is 1200. The summed E-state index contributed by atoms with van der Waals surface area (Å²) in [6, 6.07) is 27.9. The highest BCUT2D eigenvalue weighted by Gasteiger charge is 2.04. The quantitative estimate of drug-likeness (QED) is 0.290. The fourth-order valence-corrected chi connectivity index (χ4v) is 3.17. The van der Waals surface area contributed by atoms with Crippen molar-refractivity contribution in [3.8, 4) is 0 Å². The van der Waals surface area contributed by atoms with Gasteiger partial charge in [-0.3, -0.25) is 4.79 Å². The van der Waals surface area contributed by atoms with Crippen LogP contribution in [0.5, 0.6) is 0 Å². The molecule has 2 heteroatoms. The summed E-state index contributed by atoms with van der Waals surface area (Å²) >= 11 is 0. The van der Waals surface area contributed by atoms with Crippen LogP contribution in [0.3, 0.4) is 0 Å². The number of hydrogen-bond donors (Lipinski definition) is 0. The lowest BCUT2D eigenvalue weighted by molar-refractivity contribution is 0.104. The Morgan fingerprint density at radius 2 is 1.52 bits per heavy atom. The van der Waals surface area contributed by atoms with Crippen molar-refractivity contribution in [2.75, 3.05) is 0 Å². The van der Waals surface area contributed by atoms with E-state index in [2.05, 4.69) is 30.4 Å². The molecular formula is C27H21NO. The fourth-order valence-electron chi connectivity index (χ4n) is 3.17. The van der Waals surface area contributed by atoms with Gasteiger partial charge < -0.3 is 0 Å². The number of nitrogens with zero attached hydrogens (tertiary/aromatic N) is 1. The second-order valence-electron chi connectivity index (χ2n) is 6.96. The fraction of sp³-hybridized carbons (Fsp3) is 0.0370. The maximum absolute atomic E-state index is 12.5. The smallest absolute Gasteiger partial charge is 0.185 e. The van der Waals surface area contributed by atoms with Crippen LogP contribution < -0.4 is 0 Å². The van der Waals surface area contributed by atoms with E-state index < -0.39 is 0 Å². The zero-order valence-electron chi connectivity index (χ0n) is 16.2. The van der Waals surface area contributed by atoms with Crippen molar-refractivity contribution < 1.29 is 4.79 Å². The van der Waals surface area contributed by atoms with Crippen LogP contribution in [0.15, 0.2) is 91.0 Å². The van der Waals surface area contributed by atoms with E-state index in [4.69, 9.17) is 4.98 Å². The number of pyridine rings is 1. The van der Waals surface area contributed by atoms with Gasteiger partial charge in [-0.05, 0) is 42.3 Å². The summed E-state index contributed by atoms with van der Waals surface area (Å²) in [5, 5.41) is 1.08. The maximum Gasteiger partial charge on any atom is 0.185 e. The highest BCUT2D eigenvalue weighted by atomic mass is 16.1. The summed E-state index contributed by atoms with van der Waals surface area (Å²) in [5.41, 5.74) is 5.69. The molecule has 0 saturated heterocycles. The molecule has 4 aromatic rings. The first-order valence-electron chi connectivity index (χ1n) is 9.61. The zero-order valence-corrected chi connectivity index (χ0v) is 16.2. The topological polar surface area (TPSA) is 30.0 Å².